The Morgan fingerprint density at radius 2 is 1.62 bits per heavy atom. The summed E-state index contributed by atoms with van der Waals surface area (Å²) in [5, 5.41) is 3.89. The summed E-state index contributed by atoms with van der Waals surface area (Å²) in [6.07, 6.45) is 3.63. The van der Waals surface area contributed by atoms with Crippen LogP contribution in [0.4, 0.5) is 0 Å². The largest absolute Gasteiger partial charge is 0.457 e. The fourth-order valence-corrected chi connectivity index (χ4v) is 4.01. The number of halogens is 1. The van der Waals surface area contributed by atoms with Gasteiger partial charge < -0.3 is 15.0 Å². The van der Waals surface area contributed by atoms with Gasteiger partial charge in [-0.15, -0.1) is 0 Å². The highest BCUT2D eigenvalue weighted by Gasteiger charge is 2.29. The van der Waals surface area contributed by atoms with Crippen molar-refractivity contribution < 1.29 is 9.53 Å². The summed E-state index contributed by atoms with van der Waals surface area (Å²) >= 11 is 5.88. The van der Waals surface area contributed by atoms with Crippen molar-refractivity contribution >= 4 is 17.5 Å². The molecule has 1 atom stereocenters. The van der Waals surface area contributed by atoms with Crippen molar-refractivity contribution in [1.29, 1.82) is 0 Å². The van der Waals surface area contributed by atoms with Crippen molar-refractivity contribution in [3.8, 4) is 11.5 Å². The summed E-state index contributed by atoms with van der Waals surface area (Å²) < 4.78 is 5.77. The number of hydrogen-bond acceptors (Lipinski definition) is 3. The minimum atomic E-state index is -0.00413. The molecule has 5 rings (SSSR count). The van der Waals surface area contributed by atoms with Crippen LogP contribution in [0.15, 0.2) is 48.5 Å². The Balaban J connectivity index is 1.37. The van der Waals surface area contributed by atoms with E-state index in [2.05, 4.69) is 10.2 Å². The molecule has 2 aromatic rings. The molecule has 3 saturated heterocycles. The van der Waals surface area contributed by atoms with Crippen LogP contribution in [0.3, 0.4) is 0 Å². The molecule has 1 unspecified atom stereocenters. The summed E-state index contributed by atoms with van der Waals surface area (Å²) in [6.45, 7) is 3.32. The van der Waals surface area contributed by atoms with Crippen LogP contribution in [-0.4, -0.2) is 36.5 Å². The fourth-order valence-electron chi connectivity index (χ4n) is 3.88. The van der Waals surface area contributed by atoms with Crippen LogP contribution in [0, 0.1) is 5.92 Å². The molecule has 0 spiro atoms. The van der Waals surface area contributed by atoms with Gasteiger partial charge in [0.25, 0.3) is 5.91 Å². The Labute approximate surface area is 159 Å². The average molecular weight is 371 g/mol. The van der Waals surface area contributed by atoms with Gasteiger partial charge in [0.15, 0.2) is 0 Å². The number of rotatable bonds is 4. The molecule has 4 nitrogen and oxygen atoms in total. The van der Waals surface area contributed by atoms with Crippen LogP contribution in [0.5, 0.6) is 11.5 Å². The minimum Gasteiger partial charge on any atom is -0.457 e. The van der Waals surface area contributed by atoms with Crippen molar-refractivity contribution in [3.63, 3.8) is 0 Å². The normalized spacial score (nSPS) is 24.7. The van der Waals surface area contributed by atoms with E-state index in [4.69, 9.17) is 16.3 Å². The van der Waals surface area contributed by atoms with Gasteiger partial charge in [0.05, 0.1) is 0 Å². The van der Waals surface area contributed by atoms with Crippen molar-refractivity contribution in [2.75, 3.05) is 19.6 Å². The number of ether oxygens (including phenoxy) is 1. The van der Waals surface area contributed by atoms with Crippen LogP contribution < -0.4 is 10.1 Å². The maximum Gasteiger partial charge on any atom is 0.251 e. The van der Waals surface area contributed by atoms with Gasteiger partial charge in [-0.2, -0.15) is 0 Å². The molecule has 3 fully saturated rings. The molecular formula is C21H23ClN2O2. The molecule has 2 bridgehead atoms. The first kappa shape index (κ1) is 17.4. The first-order chi connectivity index (χ1) is 12.7. The van der Waals surface area contributed by atoms with Gasteiger partial charge in [0, 0.05) is 23.2 Å². The molecule has 26 heavy (non-hydrogen) atoms. The zero-order chi connectivity index (χ0) is 17.9. The lowest BCUT2D eigenvalue weighted by Crippen LogP contribution is -2.41. The highest BCUT2D eigenvalue weighted by molar-refractivity contribution is 6.30. The molecule has 1 N–H and O–H groups in total. The molecule has 0 radical (unpaired) electrons. The minimum absolute atomic E-state index is 0.00413. The lowest BCUT2D eigenvalue weighted by Gasteiger charge is -2.26. The van der Waals surface area contributed by atoms with Gasteiger partial charge in [-0.1, -0.05) is 11.6 Å². The number of amides is 1. The first-order valence-corrected chi connectivity index (χ1v) is 9.60. The number of carbonyl (C=O) groups excluding carboxylic acids is 1. The molecule has 3 aliphatic rings. The van der Waals surface area contributed by atoms with E-state index in [0.717, 1.165) is 24.6 Å². The van der Waals surface area contributed by atoms with E-state index in [-0.39, 0.29) is 11.9 Å². The second-order valence-corrected chi connectivity index (χ2v) is 7.67. The van der Waals surface area contributed by atoms with E-state index < -0.39 is 0 Å². The second kappa shape index (κ2) is 7.68. The number of carbonyl (C=O) groups is 1. The molecule has 2 aromatic carbocycles. The zero-order valence-corrected chi connectivity index (χ0v) is 15.4. The number of fused-ring (bicyclic) bond motifs is 4. The number of benzene rings is 2. The van der Waals surface area contributed by atoms with Crippen molar-refractivity contribution in [1.82, 2.24) is 10.2 Å². The molecule has 0 aliphatic carbocycles. The Kier molecular flexibility index (Phi) is 5.14. The lowest BCUT2D eigenvalue weighted by atomic mass is 9.94. The molecule has 3 aliphatic heterocycles. The third kappa shape index (κ3) is 4.19. The Morgan fingerprint density at radius 1 is 1.00 bits per heavy atom. The van der Waals surface area contributed by atoms with E-state index in [1.165, 1.54) is 25.9 Å². The predicted octanol–water partition coefficient (Wildman–Crippen LogP) is 4.35. The lowest BCUT2D eigenvalue weighted by molar-refractivity contribution is 0.0929. The SMILES string of the molecule is O=C(NC1CC2CCN(CC2)C1)c1ccc(Oc2ccc(Cl)cc2)cc1. The Morgan fingerprint density at radius 3 is 2.27 bits per heavy atom. The van der Waals surface area contributed by atoms with E-state index >= 15 is 0 Å². The van der Waals surface area contributed by atoms with Gasteiger partial charge in [-0.3, -0.25) is 4.79 Å². The molecule has 5 heteroatoms. The van der Waals surface area contributed by atoms with Gasteiger partial charge in [-0.05, 0) is 86.8 Å². The standard InChI is InChI=1S/C21H23ClN2O2/c22-17-3-7-20(8-4-17)26-19-5-1-16(2-6-19)21(25)23-18-13-15-9-11-24(14-18)12-10-15/h1-8,15,18H,9-14H2,(H,23,25). The molecule has 1 amide bonds. The monoisotopic (exact) mass is 370 g/mol. The summed E-state index contributed by atoms with van der Waals surface area (Å²) in [7, 11) is 0. The zero-order valence-electron chi connectivity index (χ0n) is 14.7. The maximum atomic E-state index is 12.6. The van der Waals surface area contributed by atoms with E-state index in [1.807, 2.05) is 36.4 Å². The Hall–Kier alpha value is -2.04. The number of nitrogens with zero attached hydrogens (tertiary/aromatic N) is 1. The third-order valence-corrected chi connectivity index (χ3v) is 5.56. The van der Waals surface area contributed by atoms with Crippen LogP contribution >= 0.6 is 11.6 Å². The van der Waals surface area contributed by atoms with Crippen LogP contribution in [-0.2, 0) is 0 Å². The highest BCUT2D eigenvalue weighted by atomic mass is 35.5. The van der Waals surface area contributed by atoms with E-state index in [9.17, 15) is 4.79 Å². The molecule has 0 aromatic heterocycles. The smallest absolute Gasteiger partial charge is 0.251 e. The molecule has 3 heterocycles. The van der Waals surface area contributed by atoms with Crippen molar-refractivity contribution in [2.24, 2.45) is 5.92 Å². The van der Waals surface area contributed by atoms with Gasteiger partial charge in [0.2, 0.25) is 0 Å². The number of hydrogen-bond donors (Lipinski definition) is 1. The third-order valence-electron chi connectivity index (χ3n) is 5.30. The average Bonchev–Trinajstić information content (AvgIpc) is 2.96. The Bertz CT molecular complexity index is 739. The summed E-state index contributed by atoms with van der Waals surface area (Å²) in [5.41, 5.74) is 0.667. The van der Waals surface area contributed by atoms with Crippen LogP contribution in [0.2, 0.25) is 5.02 Å². The molecular weight excluding hydrogens is 348 g/mol. The van der Waals surface area contributed by atoms with E-state index in [0.29, 0.717) is 16.3 Å². The van der Waals surface area contributed by atoms with Crippen molar-refractivity contribution in [3.05, 3.63) is 59.1 Å². The van der Waals surface area contributed by atoms with Gasteiger partial charge in [0.1, 0.15) is 11.5 Å². The quantitative estimate of drug-likeness (QED) is 0.870. The highest BCUT2D eigenvalue weighted by Crippen LogP contribution is 2.27. The predicted molar refractivity (Wildman–Crippen MR) is 103 cm³/mol. The first-order valence-electron chi connectivity index (χ1n) is 9.22. The number of piperidine rings is 1. The van der Waals surface area contributed by atoms with E-state index in [1.54, 1.807) is 12.1 Å². The van der Waals surface area contributed by atoms with Gasteiger partial charge >= 0.3 is 0 Å². The van der Waals surface area contributed by atoms with Crippen LogP contribution in [0.25, 0.3) is 0 Å². The summed E-state index contributed by atoms with van der Waals surface area (Å²) in [4.78, 5) is 15.1. The van der Waals surface area contributed by atoms with Crippen LogP contribution in [0.1, 0.15) is 29.6 Å². The molecule has 0 saturated carbocycles. The van der Waals surface area contributed by atoms with Gasteiger partial charge in [-0.25, -0.2) is 0 Å². The molecule has 136 valence electrons. The second-order valence-electron chi connectivity index (χ2n) is 7.23. The maximum absolute atomic E-state index is 12.6. The van der Waals surface area contributed by atoms with Crippen molar-refractivity contribution in [2.45, 2.75) is 25.3 Å². The topological polar surface area (TPSA) is 41.6 Å². The fraction of sp³-hybridized carbons (Fsp3) is 0.381. The summed E-state index contributed by atoms with van der Waals surface area (Å²) in [6, 6.07) is 14.7. The number of nitrogens with one attached hydrogen (secondary N) is 1. The summed E-state index contributed by atoms with van der Waals surface area (Å²) in [5.74, 6) is 2.17.